The van der Waals surface area contributed by atoms with E-state index in [-0.39, 0.29) is 17.9 Å². The molecule has 0 saturated heterocycles. The van der Waals surface area contributed by atoms with Gasteiger partial charge in [0.15, 0.2) is 0 Å². The molecule has 0 radical (unpaired) electrons. The Balaban J connectivity index is 0. The van der Waals surface area contributed by atoms with Crippen LogP contribution in [0.5, 0.6) is 0 Å². The molecule has 0 saturated carbocycles. The summed E-state index contributed by atoms with van der Waals surface area (Å²) in [4.78, 5) is 30.0. The average Bonchev–Trinajstić information content (AvgIpc) is 2.50. The summed E-state index contributed by atoms with van der Waals surface area (Å²) in [6.45, 7) is 4.74. The summed E-state index contributed by atoms with van der Waals surface area (Å²) in [5.41, 5.74) is 2.19. The zero-order chi connectivity index (χ0) is 17.5. The molecule has 0 spiro atoms. The average molecular weight is 312 g/mol. The maximum absolute atomic E-state index is 10.8. The molecule has 0 aliphatic heterocycles. The predicted molar refractivity (Wildman–Crippen MR) is 82.3 cm³/mol. The Kier molecular flexibility index (Phi) is 13.6. The van der Waals surface area contributed by atoms with E-state index in [1.54, 1.807) is 0 Å². The van der Waals surface area contributed by atoms with Crippen molar-refractivity contribution in [3.63, 3.8) is 0 Å². The Morgan fingerprint density at radius 1 is 0.818 bits per heavy atom. The maximum Gasteiger partial charge on any atom is 0.309 e. The molecule has 0 aliphatic carbocycles. The first-order chi connectivity index (χ1) is 10.3. The number of methoxy groups -OCH3 is 3. The second-order valence-electron chi connectivity index (χ2n) is 4.13. The first kappa shape index (κ1) is 21.9. The third-order valence-corrected chi connectivity index (χ3v) is 2.27. The van der Waals surface area contributed by atoms with Gasteiger partial charge in [0.1, 0.15) is 0 Å². The lowest BCUT2D eigenvalue weighted by molar-refractivity contribution is -0.140. The van der Waals surface area contributed by atoms with E-state index in [9.17, 15) is 14.4 Å². The second kappa shape index (κ2) is 13.6. The van der Waals surface area contributed by atoms with Crippen LogP contribution in [0.3, 0.4) is 0 Å². The fourth-order valence-corrected chi connectivity index (χ4v) is 0.945. The molecule has 1 aromatic rings. The highest BCUT2D eigenvalue weighted by atomic mass is 16.5. The molecule has 0 bridgehead atoms. The van der Waals surface area contributed by atoms with E-state index in [4.69, 9.17) is 0 Å². The zero-order valence-electron chi connectivity index (χ0n) is 14.0. The molecule has 0 fully saturated rings. The Bertz CT molecular complexity index is 436. The highest BCUT2D eigenvalue weighted by Gasteiger charge is 2.00. The molecule has 0 aromatic heterocycles. The van der Waals surface area contributed by atoms with E-state index >= 15 is 0 Å². The van der Waals surface area contributed by atoms with E-state index < -0.39 is 0 Å². The molecule has 1 rings (SSSR count). The number of carbonyl (C=O) groups is 3. The van der Waals surface area contributed by atoms with E-state index in [0.717, 1.165) is 5.56 Å². The van der Waals surface area contributed by atoms with Crippen molar-refractivity contribution in [1.82, 2.24) is 0 Å². The number of carbonyl (C=O) groups excluding carboxylic acids is 3. The minimum atomic E-state index is -0.245. The van der Waals surface area contributed by atoms with E-state index in [0.29, 0.717) is 6.42 Å². The van der Waals surface area contributed by atoms with Crippen molar-refractivity contribution < 1.29 is 28.6 Å². The van der Waals surface area contributed by atoms with Gasteiger partial charge in [0, 0.05) is 13.8 Å². The number of hydrogen-bond donors (Lipinski definition) is 0. The SMILES string of the molecule is COC(=O)Cc1ccc(C)cc1.COC(C)=O.COC(C)=O. The summed E-state index contributed by atoms with van der Waals surface area (Å²) in [6.07, 6.45) is 0.358. The molecule has 0 amide bonds. The highest BCUT2D eigenvalue weighted by molar-refractivity contribution is 5.72. The number of rotatable bonds is 2. The second-order valence-corrected chi connectivity index (χ2v) is 4.13. The zero-order valence-corrected chi connectivity index (χ0v) is 14.0. The van der Waals surface area contributed by atoms with E-state index in [2.05, 4.69) is 14.2 Å². The van der Waals surface area contributed by atoms with Crippen molar-refractivity contribution >= 4 is 17.9 Å². The van der Waals surface area contributed by atoms with Gasteiger partial charge in [-0.15, -0.1) is 0 Å². The van der Waals surface area contributed by atoms with Gasteiger partial charge in [-0.05, 0) is 12.5 Å². The quantitative estimate of drug-likeness (QED) is 0.614. The molecule has 0 N–H and O–H groups in total. The fraction of sp³-hybridized carbons (Fsp3) is 0.438. The van der Waals surface area contributed by atoms with Gasteiger partial charge < -0.3 is 14.2 Å². The molecular formula is C16H24O6. The molecule has 0 heterocycles. The van der Waals surface area contributed by atoms with Crippen LogP contribution >= 0.6 is 0 Å². The summed E-state index contributed by atoms with van der Waals surface area (Å²) in [5, 5.41) is 0. The molecule has 6 nitrogen and oxygen atoms in total. The summed E-state index contributed by atoms with van der Waals surface area (Å²) in [5.74, 6) is -0.686. The Morgan fingerprint density at radius 2 is 1.18 bits per heavy atom. The van der Waals surface area contributed by atoms with E-state index in [1.807, 2.05) is 31.2 Å². The number of hydrogen-bond acceptors (Lipinski definition) is 6. The molecule has 22 heavy (non-hydrogen) atoms. The van der Waals surface area contributed by atoms with Crippen molar-refractivity contribution in [2.24, 2.45) is 0 Å². The smallest absolute Gasteiger partial charge is 0.309 e. The first-order valence-electron chi connectivity index (χ1n) is 6.48. The lowest BCUT2D eigenvalue weighted by atomic mass is 10.1. The summed E-state index contributed by atoms with van der Waals surface area (Å²) >= 11 is 0. The van der Waals surface area contributed by atoms with Gasteiger partial charge in [0.2, 0.25) is 0 Å². The topological polar surface area (TPSA) is 78.9 Å². The summed E-state index contributed by atoms with van der Waals surface area (Å²) in [7, 11) is 4.10. The van der Waals surface area contributed by atoms with Gasteiger partial charge in [-0.2, -0.15) is 0 Å². The minimum absolute atomic E-state index is 0.196. The van der Waals surface area contributed by atoms with Gasteiger partial charge in [0.25, 0.3) is 0 Å². The standard InChI is InChI=1S/C10H12O2.2C3H6O2/c1-8-3-5-9(6-4-8)7-10(11)12-2;2*1-3(4)5-2/h3-6H,7H2,1-2H3;2*1-2H3. The van der Waals surface area contributed by atoms with Crippen LogP contribution in [0.25, 0.3) is 0 Å². The fourth-order valence-electron chi connectivity index (χ4n) is 0.945. The van der Waals surface area contributed by atoms with Crippen molar-refractivity contribution in [3.8, 4) is 0 Å². The van der Waals surface area contributed by atoms with Crippen LogP contribution in [-0.2, 0) is 35.0 Å². The van der Waals surface area contributed by atoms with Crippen molar-refractivity contribution in [3.05, 3.63) is 35.4 Å². The van der Waals surface area contributed by atoms with E-state index in [1.165, 1.54) is 40.7 Å². The van der Waals surface area contributed by atoms with Crippen LogP contribution < -0.4 is 0 Å². The minimum Gasteiger partial charge on any atom is -0.469 e. The van der Waals surface area contributed by atoms with Gasteiger partial charge in [-0.3, -0.25) is 14.4 Å². The Morgan fingerprint density at radius 3 is 1.45 bits per heavy atom. The summed E-state index contributed by atoms with van der Waals surface area (Å²) < 4.78 is 12.8. The predicted octanol–water partition coefficient (Wildman–Crippen LogP) is 2.07. The van der Waals surface area contributed by atoms with Gasteiger partial charge >= 0.3 is 17.9 Å². The highest BCUT2D eigenvalue weighted by Crippen LogP contribution is 2.04. The molecule has 6 heteroatoms. The third kappa shape index (κ3) is 15.7. The van der Waals surface area contributed by atoms with Crippen LogP contribution in [0.15, 0.2) is 24.3 Å². The first-order valence-corrected chi connectivity index (χ1v) is 6.48. The molecule has 0 unspecified atom stereocenters. The Labute approximate surface area is 131 Å². The third-order valence-electron chi connectivity index (χ3n) is 2.27. The van der Waals surface area contributed by atoms with Crippen LogP contribution in [0.1, 0.15) is 25.0 Å². The lowest BCUT2D eigenvalue weighted by Gasteiger charge is -1.99. The molecule has 1 aromatic carbocycles. The normalized spacial score (nSPS) is 8.27. The Hall–Kier alpha value is -2.37. The summed E-state index contributed by atoms with van der Waals surface area (Å²) in [6, 6.07) is 7.84. The van der Waals surface area contributed by atoms with Crippen LogP contribution in [0.4, 0.5) is 0 Å². The van der Waals surface area contributed by atoms with Crippen LogP contribution in [-0.4, -0.2) is 39.2 Å². The molecular weight excluding hydrogens is 288 g/mol. The van der Waals surface area contributed by atoms with Crippen molar-refractivity contribution in [2.75, 3.05) is 21.3 Å². The number of aryl methyl sites for hydroxylation is 1. The number of benzene rings is 1. The number of ether oxygens (including phenoxy) is 3. The lowest BCUT2D eigenvalue weighted by Crippen LogP contribution is -2.03. The molecule has 124 valence electrons. The largest absolute Gasteiger partial charge is 0.469 e. The molecule has 0 atom stereocenters. The van der Waals surface area contributed by atoms with Gasteiger partial charge in [0.05, 0.1) is 27.8 Å². The molecule has 0 aliphatic rings. The monoisotopic (exact) mass is 312 g/mol. The van der Waals surface area contributed by atoms with Crippen molar-refractivity contribution in [1.29, 1.82) is 0 Å². The van der Waals surface area contributed by atoms with Gasteiger partial charge in [-0.25, -0.2) is 0 Å². The van der Waals surface area contributed by atoms with Crippen LogP contribution in [0.2, 0.25) is 0 Å². The van der Waals surface area contributed by atoms with Gasteiger partial charge in [-0.1, -0.05) is 29.8 Å². The maximum atomic E-state index is 10.8. The van der Waals surface area contributed by atoms with Crippen molar-refractivity contribution in [2.45, 2.75) is 27.2 Å². The van der Waals surface area contributed by atoms with Crippen LogP contribution in [0, 0.1) is 6.92 Å². The number of esters is 3.